The van der Waals surface area contributed by atoms with Crippen LogP contribution in [0.3, 0.4) is 0 Å². The van der Waals surface area contributed by atoms with Gasteiger partial charge in [-0.15, -0.1) is 0 Å². The molecule has 0 radical (unpaired) electrons. The van der Waals surface area contributed by atoms with Crippen molar-refractivity contribution in [3.8, 4) is 0 Å². The van der Waals surface area contributed by atoms with Crippen molar-refractivity contribution in [3.05, 3.63) is 71.8 Å². The van der Waals surface area contributed by atoms with Crippen LogP contribution < -0.4 is 0 Å². The molecule has 0 spiro atoms. The second-order valence-electron chi connectivity index (χ2n) is 9.69. The molecule has 40 heavy (non-hydrogen) atoms. The van der Waals surface area contributed by atoms with Crippen LogP contribution in [0, 0.1) is 0 Å². The number of amides is 1. The summed E-state index contributed by atoms with van der Waals surface area (Å²) in [5, 5.41) is 0. The number of esters is 2. The normalized spacial score (nSPS) is 25.4. The van der Waals surface area contributed by atoms with Crippen LogP contribution in [0.4, 0.5) is 0 Å². The zero-order valence-electron chi connectivity index (χ0n) is 23.3. The molecule has 0 unspecified atom stereocenters. The molecule has 1 amide bonds. The molecule has 2 aliphatic rings. The molecule has 10 heteroatoms. The lowest BCUT2D eigenvalue weighted by atomic mass is 9.97. The predicted octanol–water partition coefficient (Wildman–Crippen LogP) is 3.19. The summed E-state index contributed by atoms with van der Waals surface area (Å²) in [6.45, 7) is 7.58. The van der Waals surface area contributed by atoms with Crippen molar-refractivity contribution in [1.29, 1.82) is 0 Å². The molecule has 10 nitrogen and oxygen atoms in total. The number of ether oxygens (including phenoxy) is 6. The average Bonchev–Trinajstić information content (AvgIpc) is 3.75. The van der Waals surface area contributed by atoms with Crippen LogP contribution in [0.2, 0.25) is 0 Å². The summed E-state index contributed by atoms with van der Waals surface area (Å²) in [4.78, 5) is 39.3. The molecule has 2 fully saturated rings. The molecule has 4 rings (SSSR count). The molecule has 216 valence electrons. The lowest BCUT2D eigenvalue weighted by molar-refractivity contribution is -0.291. The number of likely N-dealkylation sites (N-methyl/N-ethyl adjacent to an activating group) is 1. The number of carbonyl (C=O) groups excluding carboxylic acids is 3. The van der Waals surface area contributed by atoms with E-state index in [9.17, 15) is 14.4 Å². The molecule has 0 aromatic heterocycles. The maximum absolute atomic E-state index is 13.1. The highest BCUT2D eigenvalue weighted by Crippen LogP contribution is 2.37. The van der Waals surface area contributed by atoms with E-state index in [1.165, 1.54) is 13.8 Å². The molecule has 0 aliphatic carbocycles. The molecule has 2 aromatic carbocycles. The molecule has 0 bridgehead atoms. The van der Waals surface area contributed by atoms with Crippen molar-refractivity contribution in [2.45, 2.75) is 77.2 Å². The number of rotatable bonds is 12. The van der Waals surface area contributed by atoms with Gasteiger partial charge in [0.25, 0.3) is 5.91 Å². The van der Waals surface area contributed by atoms with Gasteiger partial charge < -0.3 is 33.3 Å². The van der Waals surface area contributed by atoms with Crippen molar-refractivity contribution in [1.82, 2.24) is 4.90 Å². The van der Waals surface area contributed by atoms with Crippen molar-refractivity contribution >= 4 is 17.8 Å². The minimum atomic E-state index is -1.08. The van der Waals surface area contributed by atoms with Gasteiger partial charge in [0.1, 0.15) is 18.3 Å². The van der Waals surface area contributed by atoms with Gasteiger partial charge in [-0.3, -0.25) is 14.4 Å². The van der Waals surface area contributed by atoms with E-state index in [4.69, 9.17) is 28.4 Å². The van der Waals surface area contributed by atoms with Crippen LogP contribution in [0.15, 0.2) is 60.7 Å². The van der Waals surface area contributed by atoms with E-state index in [1.807, 2.05) is 74.5 Å². The van der Waals surface area contributed by atoms with Crippen LogP contribution in [0.5, 0.6) is 0 Å². The Balaban J connectivity index is 1.67. The number of hydrogen-bond donors (Lipinski definition) is 0. The third-order valence-electron chi connectivity index (χ3n) is 6.85. The number of nitrogens with zero attached hydrogens (tertiary/aromatic N) is 1. The molecular formula is C30H37NO9. The Kier molecular flexibility index (Phi) is 10.3. The van der Waals surface area contributed by atoms with E-state index in [2.05, 4.69) is 0 Å². The van der Waals surface area contributed by atoms with E-state index in [0.29, 0.717) is 13.1 Å². The summed E-state index contributed by atoms with van der Waals surface area (Å²) in [6, 6.07) is 18.8. The van der Waals surface area contributed by atoms with Gasteiger partial charge in [-0.2, -0.15) is 0 Å². The van der Waals surface area contributed by atoms with E-state index in [1.54, 1.807) is 4.90 Å². The standard InChI is InChI=1S/C30H37NO9/c1-5-31(6-2)29(34)28-27(39-28)25(35-17-21-13-9-7-10-14-21)26(38-20(4)33)24-23(37-19(3)32)18-36-30(40-24)22-15-11-8-12-16-22/h7-16,23-28,30H,5-6,17-18H2,1-4H3/t23-,24-,25-,26+,27-,28+,30-/m1/s1. The molecule has 0 N–H and O–H groups in total. The van der Waals surface area contributed by atoms with Crippen molar-refractivity contribution in [2.24, 2.45) is 0 Å². The lowest BCUT2D eigenvalue weighted by Gasteiger charge is -2.41. The van der Waals surface area contributed by atoms with Crippen LogP contribution in [0.25, 0.3) is 0 Å². The molecular weight excluding hydrogens is 518 g/mol. The maximum atomic E-state index is 13.1. The van der Waals surface area contributed by atoms with Gasteiger partial charge in [-0.25, -0.2) is 0 Å². The Morgan fingerprint density at radius 2 is 1.52 bits per heavy atom. The van der Waals surface area contributed by atoms with E-state index in [-0.39, 0.29) is 19.1 Å². The Bertz CT molecular complexity index is 1120. The summed E-state index contributed by atoms with van der Waals surface area (Å²) in [6.07, 6.45) is -6.15. The van der Waals surface area contributed by atoms with Crippen LogP contribution in [-0.2, 0) is 49.4 Å². The largest absolute Gasteiger partial charge is 0.457 e. The zero-order valence-corrected chi connectivity index (χ0v) is 23.3. The Morgan fingerprint density at radius 1 is 0.875 bits per heavy atom. The summed E-state index contributed by atoms with van der Waals surface area (Å²) in [5.41, 5.74) is 1.63. The van der Waals surface area contributed by atoms with Gasteiger partial charge in [0.05, 0.1) is 13.2 Å². The molecule has 2 aliphatic heterocycles. The predicted molar refractivity (Wildman–Crippen MR) is 143 cm³/mol. The first-order valence-electron chi connectivity index (χ1n) is 13.6. The third kappa shape index (κ3) is 7.45. The third-order valence-corrected chi connectivity index (χ3v) is 6.85. The highest BCUT2D eigenvalue weighted by atomic mass is 16.7. The smallest absolute Gasteiger partial charge is 0.303 e. The second-order valence-corrected chi connectivity index (χ2v) is 9.69. The zero-order chi connectivity index (χ0) is 28.6. The number of carbonyl (C=O) groups is 3. The first-order valence-corrected chi connectivity index (χ1v) is 13.6. The monoisotopic (exact) mass is 555 g/mol. The van der Waals surface area contributed by atoms with Crippen LogP contribution >= 0.6 is 0 Å². The first-order chi connectivity index (χ1) is 19.3. The fraction of sp³-hybridized carbons (Fsp3) is 0.500. The van der Waals surface area contributed by atoms with Crippen LogP contribution in [0.1, 0.15) is 45.1 Å². The second kappa shape index (κ2) is 13.8. The van der Waals surface area contributed by atoms with Gasteiger partial charge in [-0.05, 0) is 19.4 Å². The van der Waals surface area contributed by atoms with E-state index >= 15 is 0 Å². The number of epoxide rings is 1. The fourth-order valence-corrected chi connectivity index (χ4v) is 4.88. The minimum Gasteiger partial charge on any atom is -0.457 e. The lowest BCUT2D eigenvalue weighted by Crippen LogP contribution is -2.56. The highest BCUT2D eigenvalue weighted by molar-refractivity contribution is 5.84. The fourth-order valence-electron chi connectivity index (χ4n) is 4.88. The summed E-state index contributed by atoms with van der Waals surface area (Å²) in [5.74, 6) is -1.30. The molecule has 2 heterocycles. The Morgan fingerprint density at radius 3 is 2.12 bits per heavy atom. The molecule has 7 atom stereocenters. The van der Waals surface area contributed by atoms with Gasteiger partial charge in [-0.1, -0.05) is 60.7 Å². The van der Waals surface area contributed by atoms with Gasteiger partial charge in [0, 0.05) is 32.5 Å². The van der Waals surface area contributed by atoms with Gasteiger partial charge in [0.15, 0.2) is 24.6 Å². The quantitative estimate of drug-likeness (QED) is 0.288. The minimum absolute atomic E-state index is 0.000305. The molecule has 0 saturated carbocycles. The summed E-state index contributed by atoms with van der Waals surface area (Å²) < 4.78 is 35.9. The average molecular weight is 556 g/mol. The molecule has 2 saturated heterocycles. The Labute approximate surface area is 234 Å². The SMILES string of the molecule is CCN(CC)C(=O)[C@H]1O[C@@H]1[C@H](OCc1ccccc1)[C@@H](OC(C)=O)[C@@H]1O[C@H](c2ccccc2)OC[C@H]1OC(C)=O. The Hall–Kier alpha value is -3.31. The topological polar surface area (TPSA) is 113 Å². The maximum Gasteiger partial charge on any atom is 0.303 e. The van der Waals surface area contributed by atoms with Crippen molar-refractivity contribution < 1.29 is 42.8 Å². The van der Waals surface area contributed by atoms with Crippen molar-refractivity contribution in [3.63, 3.8) is 0 Å². The van der Waals surface area contributed by atoms with E-state index < -0.39 is 54.9 Å². The first kappa shape index (κ1) is 29.7. The number of hydrogen-bond acceptors (Lipinski definition) is 9. The molecule has 2 aromatic rings. The highest BCUT2D eigenvalue weighted by Gasteiger charge is 2.58. The summed E-state index contributed by atoms with van der Waals surface area (Å²) >= 11 is 0. The van der Waals surface area contributed by atoms with Gasteiger partial charge >= 0.3 is 11.9 Å². The van der Waals surface area contributed by atoms with Crippen LogP contribution in [-0.4, -0.2) is 79.1 Å². The van der Waals surface area contributed by atoms with Crippen molar-refractivity contribution in [2.75, 3.05) is 19.7 Å². The van der Waals surface area contributed by atoms with E-state index in [0.717, 1.165) is 11.1 Å². The summed E-state index contributed by atoms with van der Waals surface area (Å²) in [7, 11) is 0. The van der Waals surface area contributed by atoms with Gasteiger partial charge in [0.2, 0.25) is 0 Å². The number of benzene rings is 2.